The Morgan fingerprint density at radius 2 is 1.88 bits per heavy atom. The van der Waals surface area contributed by atoms with Gasteiger partial charge in [0.05, 0.1) is 28.5 Å². The normalized spacial score (nSPS) is 18.2. The van der Waals surface area contributed by atoms with E-state index in [9.17, 15) is 9.90 Å². The molecule has 0 spiro atoms. The van der Waals surface area contributed by atoms with E-state index in [1.807, 2.05) is 32.3 Å². The largest absolute Gasteiger partial charge is 0.373 e. The number of pyridine rings is 1. The van der Waals surface area contributed by atoms with Gasteiger partial charge in [-0.25, -0.2) is 15.0 Å². The van der Waals surface area contributed by atoms with Crippen molar-refractivity contribution in [3.63, 3.8) is 0 Å². The van der Waals surface area contributed by atoms with Crippen LogP contribution >= 0.6 is 0 Å². The number of amides is 1. The fourth-order valence-electron chi connectivity index (χ4n) is 3.80. The molecule has 1 aliphatic heterocycles. The molecule has 5 rings (SSSR count). The van der Waals surface area contributed by atoms with Crippen molar-refractivity contribution >= 4 is 17.5 Å². The average molecular weight is 446 g/mol. The molecule has 168 valence electrons. The van der Waals surface area contributed by atoms with Gasteiger partial charge in [-0.15, -0.1) is 0 Å². The van der Waals surface area contributed by atoms with Crippen LogP contribution < -0.4 is 5.32 Å². The highest BCUT2D eigenvalue weighted by atomic mass is 16.5. The Labute approximate surface area is 189 Å². The van der Waals surface area contributed by atoms with Gasteiger partial charge in [0.25, 0.3) is 5.91 Å². The molecule has 11 nitrogen and oxygen atoms in total. The Morgan fingerprint density at radius 1 is 1.12 bits per heavy atom. The molecular formula is C22H22N8O3. The standard InChI is InChI=1S/C22H22N8O3/c1-13-18(12-30(3)27-13)26-21-23-9-7-16(25-21)14-5-4-6-15(24-14)17-11-19(33-28-17)22(32)8-10-29(2)20(22)31/h4-7,9,11-12,32H,8,10H2,1-3H3,(H,23,25,26)/t22-/m1/s1. The number of carbonyl (C=O) groups excluding carboxylic acids is 1. The SMILES string of the molecule is Cc1nn(C)cc1Nc1nccc(-c2cccc(-c3cc([C@]4(O)CCN(C)C4=O)on3)n2)n1. The fourth-order valence-corrected chi connectivity index (χ4v) is 3.80. The lowest BCUT2D eigenvalue weighted by Gasteiger charge is -2.16. The lowest BCUT2D eigenvalue weighted by molar-refractivity contribution is -0.144. The summed E-state index contributed by atoms with van der Waals surface area (Å²) in [5.41, 5.74) is 2.13. The fraction of sp³-hybridized carbons (Fsp3) is 0.273. The molecule has 1 atom stereocenters. The molecule has 0 radical (unpaired) electrons. The Morgan fingerprint density at radius 3 is 2.58 bits per heavy atom. The molecule has 11 heteroatoms. The molecule has 1 amide bonds. The third kappa shape index (κ3) is 3.72. The summed E-state index contributed by atoms with van der Waals surface area (Å²) in [6.45, 7) is 2.35. The number of aryl methyl sites for hydroxylation is 2. The molecule has 2 N–H and O–H groups in total. The molecule has 33 heavy (non-hydrogen) atoms. The molecule has 4 aromatic rings. The van der Waals surface area contributed by atoms with Gasteiger partial charge in [0.15, 0.2) is 5.76 Å². The van der Waals surface area contributed by atoms with E-state index in [-0.39, 0.29) is 12.2 Å². The number of likely N-dealkylation sites (tertiary alicyclic amines) is 1. The Bertz CT molecular complexity index is 1350. The van der Waals surface area contributed by atoms with Crippen LogP contribution in [0.25, 0.3) is 22.8 Å². The third-order valence-corrected chi connectivity index (χ3v) is 5.62. The van der Waals surface area contributed by atoms with Gasteiger partial charge < -0.3 is 19.8 Å². The third-order valence-electron chi connectivity index (χ3n) is 5.62. The summed E-state index contributed by atoms with van der Waals surface area (Å²) >= 11 is 0. The van der Waals surface area contributed by atoms with Gasteiger partial charge in [0, 0.05) is 45.5 Å². The molecule has 1 fully saturated rings. The number of carbonyl (C=O) groups is 1. The Kier molecular flexibility index (Phi) is 4.90. The summed E-state index contributed by atoms with van der Waals surface area (Å²) in [6, 6.07) is 8.75. The van der Waals surface area contributed by atoms with E-state index in [1.165, 1.54) is 4.90 Å². The summed E-state index contributed by atoms with van der Waals surface area (Å²) in [5.74, 6) is 0.127. The van der Waals surface area contributed by atoms with Crippen LogP contribution in [-0.4, -0.2) is 59.4 Å². The van der Waals surface area contributed by atoms with Gasteiger partial charge in [-0.3, -0.25) is 9.48 Å². The monoisotopic (exact) mass is 446 g/mol. The molecule has 1 aliphatic rings. The lowest BCUT2D eigenvalue weighted by Crippen LogP contribution is -2.35. The first-order chi connectivity index (χ1) is 15.8. The minimum atomic E-state index is -1.70. The van der Waals surface area contributed by atoms with E-state index in [4.69, 9.17) is 4.52 Å². The van der Waals surface area contributed by atoms with Crippen LogP contribution in [0.1, 0.15) is 17.9 Å². The number of anilines is 2. The number of nitrogens with one attached hydrogen (secondary N) is 1. The second kappa shape index (κ2) is 7.78. The first-order valence-electron chi connectivity index (χ1n) is 10.4. The number of hydrogen-bond donors (Lipinski definition) is 2. The Balaban J connectivity index is 1.42. The van der Waals surface area contributed by atoms with Gasteiger partial charge in [-0.2, -0.15) is 5.10 Å². The summed E-state index contributed by atoms with van der Waals surface area (Å²) in [7, 11) is 3.49. The van der Waals surface area contributed by atoms with E-state index < -0.39 is 11.5 Å². The maximum absolute atomic E-state index is 12.3. The van der Waals surface area contributed by atoms with Crippen LogP contribution in [0.2, 0.25) is 0 Å². The van der Waals surface area contributed by atoms with Crippen molar-refractivity contribution in [2.75, 3.05) is 18.9 Å². The molecule has 1 saturated heterocycles. The lowest BCUT2D eigenvalue weighted by atomic mass is 9.98. The van der Waals surface area contributed by atoms with E-state index in [1.54, 1.807) is 36.1 Å². The summed E-state index contributed by atoms with van der Waals surface area (Å²) in [4.78, 5) is 27.3. The van der Waals surface area contributed by atoms with Gasteiger partial charge in [0.1, 0.15) is 5.69 Å². The van der Waals surface area contributed by atoms with Crippen LogP contribution in [-0.2, 0) is 17.4 Å². The first-order valence-corrected chi connectivity index (χ1v) is 10.4. The highest BCUT2D eigenvalue weighted by molar-refractivity contribution is 5.87. The van der Waals surface area contributed by atoms with E-state index in [0.717, 1.165) is 11.4 Å². The highest BCUT2D eigenvalue weighted by Crippen LogP contribution is 2.34. The molecule has 0 unspecified atom stereocenters. The van der Waals surface area contributed by atoms with Crippen molar-refractivity contribution < 1.29 is 14.4 Å². The van der Waals surface area contributed by atoms with Gasteiger partial charge in [-0.1, -0.05) is 11.2 Å². The number of rotatable bonds is 5. The number of aromatic nitrogens is 6. The van der Waals surface area contributed by atoms with Gasteiger partial charge in [-0.05, 0) is 25.1 Å². The van der Waals surface area contributed by atoms with Crippen LogP contribution in [0.4, 0.5) is 11.6 Å². The smallest absolute Gasteiger partial charge is 0.262 e. The molecule has 0 saturated carbocycles. The van der Waals surface area contributed by atoms with Crippen molar-refractivity contribution in [1.29, 1.82) is 0 Å². The number of nitrogens with zero attached hydrogens (tertiary/aromatic N) is 7. The van der Waals surface area contributed by atoms with Gasteiger partial charge >= 0.3 is 0 Å². The second-order valence-corrected chi connectivity index (χ2v) is 8.01. The van der Waals surface area contributed by atoms with Crippen molar-refractivity contribution in [2.45, 2.75) is 18.9 Å². The van der Waals surface area contributed by atoms with Crippen molar-refractivity contribution in [3.05, 3.63) is 54.2 Å². The predicted octanol–water partition coefficient (Wildman–Crippen LogP) is 2.03. The molecule has 4 aromatic heterocycles. The van der Waals surface area contributed by atoms with Gasteiger partial charge in [0.2, 0.25) is 11.5 Å². The molecule has 0 aromatic carbocycles. The molecular weight excluding hydrogens is 424 g/mol. The quantitative estimate of drug-likeness (QED) is 0.472. The van der Waals surface area contributed by atoms with Crippen LogP contribution in [0.15, 0.2) is 47.2 Å². The zero-order valence-corrected chi connectivity index (χ0v) is 18.3. The van der Waals surface area contributed by atoms with E-state index in [0.29, 0.717) is 35.3 Å². The van der Waals surface area contributed by atoms with Crippen molar-refractivity contribution in [3.8, 4) is 22.8 Å². The Hall–Kier alpha value is -4.12. The maximum Gasteiger partial charge on any atom is 0.262 e. The molecule has 0 bridgehead atoms. The van der Waals surface area contributed by atoms with Crippen LogP contribution in [0.5, 0.6) is 0 Å². The topological polar surface area (TPSA) is 135 Å². The zero-order chi connectivity index (χ0) is 23.2. The van der Waals surface area contributed by atoms with Crippen LogP contribution in [0, 0.1) is 6.92 Å². The molecule has 0 aliphatic carbocycles. The first kappa shape index (κ1) is 20.8. The van der Waals surface area contributed by atoms with Crippen LogP contribution in [0.3, 0.4) is 0 Å². The minimum Gasteiger partial charge on any atom is -0.373 e. The highest BCUT2D eigenvalue weighted by Gasteiger charge is 2.48. The van der Waals surface area contributed by atoms with Crippen molar-refractivity contribution in [1.82, 2.24) is 34.8 Å². The minimum absolute atomic E-state index is 0.111. The van der Waals surface area contributed by atoms with Crippen molar-refractivity contribution in [2.24, 2.45) is 7.05 Å². The number of likely N-dealkylation sites (N-methyl/N-ethyl adjacent to an activating group) is 1. The summed E-state index contributed by atoms with van der Waals surface area (Å²) < 4.78 is 7.05. The second-order valence-electron chi connectivity index (χ2n) is 8.01. The summed E-state index contributed by atoms with van der Waals surface area (Å²) in [6.07, 6.45) is 3.75. The zero-order valence-electron chi connectivity index (χ0n) is 18.3. The number of hydrogen-bond acceptors (Lipinski definition) is 9. The number of aliphatic hydroxyl groups is 1. The average Bonchev–Trinajstić information content (AvgIpc) is 3.50. The molecule has 5 heterocycles. The predicted molar refractivity (Wildman–Crippen MR) is 118 cm³/mol. The van der Waals surface area contributed by atoms with E-state index >= 15 is 0 Å². The van der Waals surface area contributed by atoms with E-state index in [2.05, 4.69) is 30.5 Å². The maximum atomic E-state index is 12.3. The summed E-state index contributed by atoms with van der Waals surface area (Å²) in [5, 5.41) is 22.3.